The quantitative estimate of drug-likeness (QED) is 0.824. The van der Waals surface area contributed by atoms with Crippen molar-refractivity contribution in [2.24, 2.45) is 0 Å². The molecular weight excluding hydrogens is 378 g/mol. The number of carbonyl (C=O) groups is 1. The van der Waals surface area contributed by atoms with Crippen LogP contribution in [0.4, 0.5) is 0 Å². The number of amides is 1. The van der Waals surface area contributed by atoms with Crippen LogP contribution in [0.3, 0.4) is 0 Å². The largest absolute Gasteiger partial charge is 0.364 e. The summed E-state index contributed by atoms with van der Waals surface area (Å²) in [5.74, 6) is 2.58. The van der Waals surface area contributed by atoms with Crippen LogP contribution in [-0.2, 0) is 29.2 Å². The Morgan fingerprint density at radius 2 is 1.96 bits per heavy atom. The zero-order valence-electron chi connectivity index (χ0n) is 16.2. The molecule has 1 aromatic carbocycles. The minimum absolute atomic E-state index is 0. The molecule has 1 fully saturated rings. The topological polar surface area (TPSA) is 72.3 Å². The van der Waals surface area contributed by atoms with Crippen LogP contribution in [0.2, 0.25) is 0 Å². The number of aromatic nitrogens is 3. The SMILES string of the molecule is CC(OCc1ccccc1)C(=O)N1CCC(c2nnc3n2CCNC3)CC1.Cl. The molecule has 1 unspecified atom stereocenters. The van der Waals surface area contributed by atoms with Gasteiger partial charge in [0.05, 0.1) is 13.2 Å². The van der Waals surface area contributed by atoms with Crippen molar-refractivity contribution in [1.29, 1.82) is 0 Å². The third-order valence-electron chi connectivity index (χ3n) is 5.51. The maximum atomic E-state index is 12.7. The van der Waals surface area contributed by atoms with Crippen LogP contribution < -0.4 is 5.32 Å². The maximum absolute atomic E-state index is 12.7. The zero-order chi connectivity index (χ0) is 18.6. The van der Waals surface area contributed by atoms with Crippen molar-refractivity contribution in [2.45, 2.75) is 51.5 Å². The van der Waals surface area contributed by atoms with Gasteiger partial charge in [0, 0.05) is 32.1 Å². The van der Waals surface area contributed by atoms with Crippen molar-refractivity contribution in [2.75, 3.05) is 19.6 Å². The number of fused-ring (bicyclic) bond motifs is 1. The van der Waals surface area contributed by atoms with E-state index in [1.165, 1.54) is 0 Å². The summed E-state index contributed by atoms with van der Waals surface area (Å²) in [6.45, 7) is 6.50. The smallest absolute Gasteiger partial charge is 0.251 e. The molecule has 2 aliphatic rings. The predicted octanol–water partition coefficient (Wildman–Crippen LogP) is 2.11. The van der Waals surface area contributed by atoms with Crippen LogP contribution in [0.25, 0.3) is 0 Å². The third-order valence-corrected chi connectivity index (χ3v) is 5.51. The van der Waals surface area contributed by atoms with Crippen LogP contribution >= 0.6 is 12.4 Å². The minimum atomic E-state index is -0.423. The molecule has 0 radical (unpaired) electrons. The van der Waals surface area contributed by atoms with Crippen molar-refractivity contribution in [3.8, 4) is 0 Å². The normalized spacial score (nSPS) is 18.2. The summed E-state index contributed by atoms with van der Waals surface area (Å²) in [5.41, 5.74) is 1.09. The fraction of sp³-hybridized carbons (Fsp3) is 0.550. The highest BCUT2D eigenvalue weighted by Gasteiger charge is 2.30. The molecule has 0 saturated carbocycles. The molecule has 4 rings (SSSR count). The molecule has 28 heavy (non-hydrogen) atoms. The second-order valence-electron chi connectivity index (χ2n) is 7.34. The molecule has 0 bridgehead atoms. The van der Waals surface area contributed by atoms with Gasteiger partial charge in [0.1, 0.15) is 17.8 Å². The van der Waals surface area contributed by atoms with Crippen LogP contribution in [0.1, 0.15) is 42.9 Å². The van der Waals surface area contributed by atoms with E-state index in [1.807, 2.05) is 42.2 Å². The molecule has 3 heterocycles. The number of halogens is 1. The van der Waals surface area contributed by atoms with E-state index < -0.39 is 6.10 Å². The van der Waals surface area contributed by atoms with Gasteiger partial charge in [-0.3, -0.25) is 4.79 Å². The molecule has 2 aromatic rings. The van der Waals surface area contributed by atoms with Gasteiger partial charge in [-0.2, -0.15) is 0 Å². The van der Waals surface area contributed by atoms with E-state index in [4.69, 9.17) is 4.74 Å². The Balaban J connectivity index is 0.00000225. The van der Waals surface area contributed by atoms with Gasteiger partial charge in [-0.1, -0.05) is 30.3 Å². The van der Waals surface area contributed by atoms with Crippen LogP contribution in [0, 0.1) is 0 Å². The molecule has 2 aliphatic heterocycles. The van der Waals surface area contributed by atoms with E-state index in [0.29, 0.717) is 12.5 Å². The van der Waals surface area contributed by atoms with Gasteiger partial charge in [-0.25, -0.2) is 0 Å². The first-order valence-electron chi connectivity index (χ1n) is 9.79. The van der Waals surface area contributed by atoms with Crippen LogP contribution in [-0.4, -0.2) is 51.3 Å². The van der Waals surface area contributed by atoms with Crippen molar-refractivity contribution < 1.29 is 9.53 Å². The minimum Gasteiger partial charge on any atom is -0.364 e. The van der Waals surface area contributed by atoms with Gasteiger partial charge in [-0.15, -0.1) is 22.6 Å². The number of rotatable bonds is 5. The highest BCUT2D eigenvalue weighted by atomic mass is 35.5. The average Bonchev–Trinajstić information content (AvgIpc) is 3.16. The summed E-state index contributed by atoms with van der Waals surface area (Å²) in [4.78, 5) is 14.6. The monoisotopic (exact) mass is 405 g/mol. The van der Waals surface area contributed by atoms with Crippen molar-refractivity contribution in [3.63, 3.8) is 0 Å². The van der Waals surface area contributed by atoms with Gasteiger partial charge < -0.3 is 19.5 Å². The molecule has 0 aliphatic carbocycles. The summed E-state index contributed by atoms with van der Waals surface area (Å²) in [6, 6.07) is 9.96. The van der Waals surface area contributed by atoms with Gasteiger partial charge in [0.15, 0.2) is 0 Å². The lowest BCUT2D eigenvalue weighted by Crippen LogP contribution is -2.43. The van der Waals surface area contributed by atoms with E-state index in [2.05, 4.69) is 20.1 Å². The van der Waals surface area contributed by atoms with E-state index in [0.717, 1.165) is 62.8 Å². The molecule has 7 nitrogen and oxygen atoms in total. The Labute approximate surface area is 171 Å². The summed E-state index contributed by atoms with van der Waals surface area (Å²) in [6.07, 6.45) is 1.44. The first-order chi connectivity index (χ1) is 13.2. The number of benzene rings is 1. The number of likely N-dealkylation sites (tertiary alicyclic amines) is 1. The zero-order valence-corrected chi connectivity index (χ0v) is 17.0. The first-order valence-corrected chi connectivity index (χ1v) is 9.79. The highest BCUT2D eigenvalue weighted by Crippen LogP contribution is 2.28. The molecule has 1 saturated heterocycles. The van der Waals surface area contributed by atoms with E-state index in [-0.39, 0.29) is 18.3 Å². The van der Waals surface area contributed by atoms with E-state index >= 15 is 0 Å². The van der Waals surface area contributed by atoms with Crippen molar-refractivity contribution in [1.82, 2.24) is 25.0 Å². The number of piperidine rings is 1. The van der Waals surface area contributed by atoms with Crippen molar-refractivity contribution >= 4 is 18.3 Å². The Morgan fingerprint density at radius 3 is 2.71 bits per heavy atom. The second-order valence-corrected chi connectivity index (χ2v) is 7.34. The Bertz CT molecular complexity index is 774. The molecular formula is C20H28ClN5O2. The third kappa shape index (κ3) is 4.54. The van der Waals surface area contributed by atoms with Gasteiger partial charge in [0.2, 0.25) is 0 Å². The lowest BCUT2D eigenvalue weighted by molar-refractivity contribution is -0.144. The summed E-state index contributed by atoms with van der Waals surface area (Å²) < 4.78 is 8.05. The number of hydrogen-bond acceptors (Lipinski definition) is 5. The van der Waals surface area contributed by atoms with Gasteiger partial charge in [-0.05, 0) is 25.3 Å². The van der Waals surface area contributed by atoms with E-state index in [9.17, 15) is 4.79 Å². The van der Waals surface area contributed by atoms with Gasteiger partial charge in [0.25, 0.3) is 5.91 Å². The average molecular weight is 406 g/mol. The summed E-state index contributed by atoms with van der Waals surface area (Å²) in [5, 5.41) is 12.1. The Kier molecular flexibility index (Phi) is 7.04. The number of nitrogens with zero attached hydrogens (tertiary/aromatic N) is 4. The highest BCUT2D eigenvalue weighted by molar-refractivity contribution is 5.85. The summed E-state index contributed by atoms with van der Waals surface area (Å²) in [7, 11) is 0. The molecule has 152 valence electrons. The molecule has 1 atom stereocenters. The van der Waals surface area contributed by atoms with Gasteiger partial charge >= 0.3 is 0 Å². The maximum Gasteiger partial charge on any atom is 0.251 e. The predicted molar refractivity (Wildman–Crippen MR) is 108 cm³/mol. The Hall–Kier alpha value is -1.96. The lowest BCUT2D eigenvalue weighted by atomic mass is 9.95. The van der Waals surface area contributed by atoms with Crippen LogP contribution in [0.5, 0.6) is 0 Å². The standard InChI is InChI=1S/C20H27N5O2.ClH/c1-15(27-14-16-5-3-2-4-6-16)20(26)24-10-7-17(8-11-24)19-23-22-18-13-21-9-12-25(18)19;/h2-6,15,17,21H,7-14H2,1H3;1H. The second kappa shape index (κ2) is 9.49. The van der Waals surface area contributed by atoms with E-state index in [1.54, 1.807) is 0 Å². The summed E-state index contributed by atoms with van der Waals surface area (Å²) >= 11 is 0. The van der Waals surface area contributed by atoms with Crippen molar-refractivity contribution in [3.05, 3.63) is 47.5 Å². The molecule has 8 heteroatoms. The number of nitrogens with one attached hydrogen (secondary N) is 1. The molecule has 1 N–H and O–H groups in total. The first kappa shape index (κ1) is 20.8. The fourth-order valence-corrected chi connectivity index (χ4v) is 3.90. The molecule has 1 amide bonds. The molecule has 1 aromatic heterocycles. The molecule has 0 spiro atoms. The Morgan fingerprint density at radius 1 is 1.21 bits per heavy atom. The van der Waals surface area contributed by atoms with Crippen LogP contribution in [0.15, 0.2) is 30.3 Å². The lowest BCUT2D eigenvalue weighted by Gasteiger charge is -2.33. The number of ether oxygens (including phenoxy) is 1. The number of hydrogen-bond donors (Lipinski definition) is 1. The fourth-order valence-electron chi connectivity index (χ4n) is 3.90. The number of carbonyl (C=O) groups excluding carboxylic acids is 1.